The maximum atomic E-state index is 15.2. The van der Waals surface area contributed by atoms with E-state index in [1.165, 1.54) is 11.0 Å². The predicted octanol–water partition coefficient (Wildman–Crippen LogP) is 5.38. The molecule has 2 aromatic heterocycles. The number of carbonyl (C=O) groups is 2. The third-order valence-electron chi connectivity index (χ3n) is 7.71. The molecule has 1 aromatic carbocycles. The highest BCUT2D eigenvalue weighted by Gasteiger charge is 2.50. The normalized spacial score (nSPS) is 21.3. The Hall–Kier alpha value is -3.49. The lowest BCUT2D eigenvalue weighted by atomic mass is 9.78. The molecule has 0 aliphatic carbocycles. The van der Waals surface area contributed by atoms with Crippen LogP contribution in [0.25, 0.3) is 11.0 Å². The number of ether oxygens (including phenoxy) is 1. The van der Waals surface area contributed by atoms with Gasteiger partial charge in [0.15, 0.2) is 5.65 Å². The number of halogens is 1. The van der Waals surface area contributed by atoms with Gasteiger partial charge in [-0.05, 0) is 64.2 Å². The van der Waals surface area contributed by atoms with Crippen molar-refractivity contribution in [2.45, 2.75) is 84.3 Å². The molecule has 5 rings (SSSR count). The fourth-order valence-corrected chi connectivity index (χ4v) is 5.59. The van der Waals surface area contributed by atoms with Gasteiger partial charge in [-0.25, -0.2) is 9.37 Å². The molecule has 8 nitrogen and oxygen atoms in total. The Balaban J connectivity index is 0.00000164. The Morgan fingerprint density at radius 1 is 1.32 bits per heavy atom. The van der Waals surface area contributed by atoms with Crippen LogP contribution in [-0.4, -0.2) is 57.1 Å². The molecule has 1 fully saturated rings. The summed E-state index contributed by atoms with van der Waals surface area (Å²) < 4.78 is 21.4. The second kappa shape index (κ2) is 11.5. The van der Waals surface area contributed by atoms with Crippen molar-refractivity contribution in [2.24, 2.45) is 0 Å². The average molecular weight is 524 g/mol. The molecule has 2 amide bonds. The molecule has 2 aliphatic rings. The number of hydrogen-bond acceptors (Lipinski definition) is 5. The molecule has 0 spiro atoms. The minimum atomic E-state index is -1.08. The van der Waals surface area contributed by atoms with Crippen LogP contribution in [0.15, 0.2) is 36.7 Å². The molecule has 9 heteroatoms. The van der Waals surface area contributed by atoms with Crippen LogP contribution in [0.1, 0.15) is 72.3 Å². The highest BCUT2D eigenvalue weighted by Crippen LogP contribution is 2.46. The number of likely N-dealkylation sites (tertiary alicyclic amines) is 1. The Morgan fingerprint density at radius 3 is 2.82 bits per heavy atom. The van der Waals surface area contributed by atoms with Crippen molar-refractivity contribution in [1.82, 2.24) is 20.1 Å². The number of pyridine rings is 1. The number of benzene rings is 1. The predicted molar refractivity (Wildman–Crippen MR) is 146 cm³/mol. The van der Waals surface area contributed by atoms with E-state index in [1.54, 1.807) is 31.5 Å². The van der Waals surface area contributed by atoms with Gasteiger partial charge in [-0.1, -0.05) is 26.8 Å². The number of anilines is 1. The van der Waals surface area contributed by atoms with Gasteiger partial charge < -0.3 is 14.5 Å². The van der Waals surface area contributed by atoms with E-state index < -0.39 is 11.2 Å². The summed E-state index contributed by atoms with van der Waals surface area (Å²) in [6.45, 7) is 10.5. The number of H-pyrrole nitrogens is 1. The molecular weight excluding hydrogens is 485 g/mol. The van der Waals surface area contributed by atoms with Crippen LogP contribution in [0.5, 0.6) is 5.75 Å². The second-order valence-corrected chi connectivity index (χ2v) is 10.1. The summed E-state index contributed by atoms with van der Waals surface area (Å²) in [7, 11) is 0. The lowest BCUT2D eigenvalue weighted by Crippen LogP contribution is -2.46. The summed E-state index contributed by atoms with van der Waals surface area (Å²) in [5, 5.41) is 7.65. The van der Waals surface area contributed by atoms with Gasteiger partial charge in [-0.15, -0.1) is 0 Å². The molecule has 204 valence electrons. The number of nitrogens with one attached hydrogen (secondary N) is 1. The van der Waals surface area contributed by atoms with Crippen LogP contribution in [0.3, 0.4) is 0 Å². The van der Waals surface area contributed by atoms with Crippen molar-refractivity contribution < 1.29 is 18.7 Å². The molecule has 4 heterocycles. The van der Waals surface area contributed by atoms with Crippen molar-refractivity contribution in [3.63, 3.8) is 0 Å². The molecule has 2 unspecified atom stereocenters. The quantitative estimate of drug-likeness (QED) is 0.428. The Morgan fingerprint density at radius 2 is 2.11 bits per heavy atom. The zero-order valence-corrected chi connectivity index (χ0v) is 23.0. The van der Waals surface area contributed by atoms with Crippen LogP contribution in [0, 0.1) is 5.82 Å². The summed E-state index contributed by atoms with van der Waals surface area (Å²) >= 11 is 0. The molecule has 38 heavy (non-hydrogen) atoms. The van der Waals surface area contributed by atoms with E-state index in [0.29, 0.717) is 48.5 Å². The standard InChI is InChI=1S/C27H32FN5O3.C2H6/c1-4-19(36-20-13-18-14-30-31-25(18)29-15-20)10-11-27(3)24-21(28)8-5-9-22(24)33(26(27)35)16-23(34)32-12-6-7-17(32)2;1-2/h5,8-9,13-15,17,19H,4,6-7,10-12,16H2,1-3H3,(H,29,30,31);1-2H3/t17?,19?,27-;/m0./s1. The number of rotatable bonds is 8. The van der Waals surface area contributed by atoms with E-state index in [9.17, 15) is 9.59 Å². The van der Waals surface area contributed by atoms with Crippen LogP contribution < -0.4 is 9.64 Å². The number of fused-ring (bicyclic) bond motifs is 2. The fourth-order valence-electron chi connectivity index (χ4n) is 5.59. The van der Waals surface area contributed by atoms with E-state index >= 15 is 4.39 Å². The zero-order chi connectivity index (χ0) is 27.4. The minimum Gasteiger partial charge on any atom is -0.489 e. The number of amides is 2. The fraction of sp³-hybridized carbons (Fsp3) is 0.517. The van der Waals surface area contributed by atoms with E-state index in [0.717, 1.165) is 18.2 Å². The summed E-state index contributed by atoms with van der Waals surface area (Å²) in [6.07, 6.45) is 6.73. The van der Waals surface area contributed by atoms with Gasteiger partial charge in [-0.3, -0.25) is 14.7 Å². The first kappa shape index (κ1) is 27.5. The zero-order valence-electron chi connectivity index (χ0n) is 23.0. The van der Waals surface area contributed by atoms with Gasteiger partial charge >= 0.3 is 0 Å². The first-order valence-electron chi connectivity index (χ1n) is 13.7. The van der Waals surface area contributed by atoms with Crippen molar-refractivity contribution in [3.05, 3.63) is 48.0 Å². The molecule has 3 aromatic rings. The number of aromatic nitrogens is 3. The summed E-state index contributed by atoms with van der Waals surface area (Å²) in [5.41, 5.74) is 0.464. The SMILES string of the molecule is CC.CCC(CC[C@]1(C)C(=O)N(CC(=O)N2CCCC2C)c2cccc(F)c21)Oc1cnc2[nH]ncc2c1. The maximum Gasteiger partial charge on any atom is 0.242 e. The Bertz CT molecular complexity index is 1290. The van der Waals surface area contributed by atoms with Crippen LogP contribution in [0.4, 0.5) is 10.1 Å². The lowest BCUT2D eigenvalue weighted by Gasteiger charge is -2.28. The largest absolute Gasteiger partial charge is 0.489 e. The molecular formula is C29H38FN5O3. The smallest absolute Gasteiger partial charge is 0.242 e. The number of aromatic amines is 1. The molecule has 2 aliphatic heterocycles. The molecule has 1 saturated heterocycles. The monoisotopic (exact) mass is 523 g/mol. The number of carbonyl (C=O) groups excluding carboxylic acids is 2. The van der Waals surface area contributed by atoms with Gasteiger partial charge in [0, 0.05) is 23.5 Å². The summed E-state index contributed by atoms with van der Waals surface area (Å²) in [5.74, 6) is -0.127. The second-order valence-electron chi connectivity index (χ2n) is 10.1. The summed E-state index contributed by atoms with van der Waals surface area (Å²) in [6, 6.07) is 6.75. The lowest BCUT2D eigenvalue weighted by molar-refractivity contribution is -0.132. The third kappa shape index (κ3) is 5.11. The highest BCUT2D eigenvalue weighted by atomic mass is 19.1. The van der Waals surface area contributed by atoms with E-state index in [1.807, 2.05) is 38.7 Å². The molecule has 0 bridgehead atoms. The first-order valence-corrected chi connectivity index (χ1v) is 13.7. The van der Waals surface area contributed by atoms with Crippen molar-refractivity contribution in [2.75, 3.05) is 18.0 Å². The van der Waals surface area contributed by atoms with Gasteiger partial charge in [0.25, 0.3) is 0 Å². The van der Waals surface area contributed by atoms with Crippen molar-refractivity contribution in [1.29, 1.82) is 0 Å². The van der Waals surface area contributed by atoms with Crippen molar-refractivity contribution in [3.8, 4) is 5.75 Å². The average Bonchev–Trinajstić information content (AvgIpc) is 3.62. The Labute approximate surface area is 223 Å². The maximum absolute atomic E-state index is 15.2. The topological polar surface area (TPSA) is 91.4 Å². The van der Waals surface area contributed by atoms with Crippen molar-refractivity contribution >= 4 is 28.5 Å². The first-order chi connectivity index (χ1) is 18.3. The number of hydrogen-bond donors (Lipinski definition) is 1. The highest BCUT2D eigenvalue weighted by molar-refractivity contribution is 6.10. The minimum absolute atomic E-state index is 0.0701. The summed E-state index contributed by atoms with van der Waals surface area (Å²) in [4.78, 5) is 34.5. The van der Waals surface area contributed by atoms with E-state index in [4.69, 9.17) is 4.74 Å². The van der Waals surface area contributed by atoms with Gasteiger partial charge in [0.1, 0.15) is 18.1 Å². The van der Waals surface area contributed by atoms with Crippen LogP contribution >= 0.6 is 0 Å². The third-order valence-corrected chi connectivity index (χ3v) is 7.71. The van der Waals surface area contributed by atoms with Crippen LogP contribution in [-0.2, 0) is 15.0 Å². The van der Waals surface area contributed by atoms with E-state index in [2.05, 4.69) is 15.2 Å². The van der Waals surface area contributed by atoms with Gasteiger partial charge in [-0.2, -0.15) is 5.10 Å². The molecule has 0 radical (unpaired) electrons. The van der Waals surface area contributed by atoms with Crippen LogP contribution in [0.2, 0.25) is 0 Å². The van der Waals surface area contributed by atoms with Gasteiger partial charge in [0.2, 0.25) is 11.8 Å². The molecule has 0 saturated carbocycles. The van der Waals surface area contributed by atoms with E-state index in [-0.39, 0.29) is 30.5 Å². The van der Waals surface area contributed by atoms with Gasteiger partial charge in [0.05, 0.1) is 29.6 Å². The molecule has 1 N–H and O–H groups in total. The molecule has 3 atom stereocenters. The number of nitrogens with zero attached hydrogens (tertiary/aromatic N) is 4. The Kier molecular flexibility index (Phi) is 8.33.